The van der Waals surface area contributed by atoms with Gasteiger partial charge in [-0.1, -0.05) is 72.5 Å². The fourth-order valence-electron chi connectivity index (χ4n) is 6.14. The summed E-state index contributed by atoms with van der Waals surface area (Å²) in [7, 11) is 0. The highest BCUT2D eigenvalue weighted by Gasteiger charge is 2.54. The van der Waals surface area contributed by atoms with Crippen LogP contribution in [0.3, 0.4) is 0 Å². The second-order valence-corrected chi connectivity index (χ2v) is 11.9. The number of para-hydroxylation sites is 1. The van der Waals surface area contributed by atoms with E-state index in [9.17, 15) is 18.0 Å². The summed E-state index contributed by atoms with van der Waals surface area (Å²) < 4.78 is 48.7. The lowest BCUT2D eigenvalue weighted by Crippen LogP contribution is -2.52. The molecule has 0 bridgehead atoms. The number of ether oxygens (including phenoxy) is 1. The highest BCUT2D eigenvalue weighted by atomic mass is 32.2. The van der Waals surface area contributed by atoms with Crippen LogP contribution in [0.15, 0.2) is 130 Å². The van der Waals surface area contributed by atoms with Crippen LogP contribution in [0.4, 0.5) is 18.9 Å². The molecule has 0 aromatic heterocycles. The molecule has 2 aliphatic heterocycles. The zero-order chi connectivity index (χ0) is 31.7. The number of halogens is 3. The van der Waals surface area contributed by atoms with Crippen molar-refractivity contribution in [2.45, 2.75) is 37.1 Å². The van der Waals surface area contributed by atoms with Crippen molar-refractivity contribution < 1.29 is 22.7 Å². The van der Waals surface area contributed by atoms with Gasteiger partial charge in [0.2, 0.25) is 0 Å². The molecule has 0 amide bonds. The van der Waals surface area contributed by atoms with Crippen LogP contribution >= 0.6 is 11.8 Å². The lowest BCUT2D eigenvalue weighted by Gasteiger charge is -2.43. The third-order valence-corrected chi connectivity index (χ3v) is 9.51. The van der Waals surface area contributed by atoms with Crippen molar-refractivity contribution in [2.24, 2.45) is 4.99 Å². The Labute approximate surface area is 265 Å². The summed E-state index contributed by atoms with van der Waals surface area (Å²) in [6.45, 7) is 5.86. The number of aliphatic imine (C=N–C) groups is 1. The first-order valence-corrected chi connectivity index (χ1v) is 15.7. The van der Waals surface area contributed by atoms with E-state index in [4.69, 9.17) is 9.73 Å². The van der Waals surface area contributed by atoms with Crippen LogP contribution in [-0.2, 0) is 9.53 Å². The molecule has 0 saturated heterocycles. The standard InChI is InChI=1S/C36H30BF3N2O2S/c1-4-29-30(5-2)36(42(6-3)31-9-7-8-10-32(31)45-36)44-35(43)33(29)41-34(23-11-17-26(38)18-12-23)37(24-13-19-27(39)20-14-24)25-15-21-28(40)22-16-25/h5,7-22H,4,6H2,1-3H3. The molecule has 1 spiro atoms. The molecule has 0 saturated carbocycles. The number of allylic oxidation sites excluding steroid dienone is 1. The van der Waals surface area contributed by atoms with Gasteiger partial charge in [0.1, 0.15) is 17.5 Å². The van der Waals surface area contributed by atoms with Crippen LogP contribution in [0.1, 0.15) is 32.8 Å². The van der Waals surface area contributed by atoms with E-state index >= 15 is 0 Å². The number of anilines is 1. The van der Waals surface area contributed by atoms with E-state index in [0.29, 0.717) is 35.1 Å². The summed E-state index contributed by atoms with van der Waals surface area (Å²) in [6.07, 6.45) is 2.45. The lowest BCUT2D eigenvalue weighted by atomic mass is 9.36. The van der Waals surface area contributed by atoms with Gasteiger partial charge in [-0.25, -0.2) is 18.0 Å². The molecule has 4 aromatic carbocycles. The smallest absolute Gasteiger partial charge is 0.360 e. The third kappa shape index (κ3) is 5.50. The number of benzene rings is 4. The molecule has 0 N–H and O–H groups in total. The van der Waals surface area contributed by atoms with E-state index in [1.165, 1.54) is 48.2 Å². The van der Waals surface area contributed by atoms with Crippen molar-refractivity contribution in [2.75, 3.05) is 11.4 Å². The van der Waals surface area contributed by atoms with E-state index < -0.39 is 35.2 Å². The van der Waals surface area contributed by atoms with Gasteiger partial charge in [-0.3, -0.25) is 4.99 Å². The summed E-state index contributed by atoms with van der Waals surface area (Å²) in [6, 6.07) is 25.7. The molecule has 0 aliphatic carbocycles. The lowest BCUT2D eigenvalue weighted by molar-refractivity contribution is -0.145. The van der Waals surface area contributed by atoms with Gasteiger partial charge in [0.15, 0.2) is 5.70 Å². The van der Waals surface area contributed by atoms with Crippen LogP contribution in [0.5, 0.6) is 0 Å². The molecular weight excluding hydrogens is 592 g/mol. The number of nitrogens with zero attached hydrogens (tertiary/aromatic N) is 2. The maximum absolute atomic E-state index is 14.2. The molecule has 2 heterocycles. The van der Waals surface area contributed by atoms with Gasteiger partial charge in [0.05, 0.1) is 5.69 Å². The van der Waals surface area contributed by atoms with E-state index in [0.717, 1.165) is 21.7 Å². The molecule has 0 radical (unpaired) electrons. The third-order valence-electron chi connectivity index (χ3n) is 8.15. The zero-order valence-electron chi connectivity index (χ0n) is 25.1. The maximum atomic E-state index is 14.2. The molecule has 4 nitrogen and oxygen atoms in total. The first kappa shape index (κ1) is 30.5. The summed E-state index contributed by atoms with van der Waals surface area (Å²) in [5, 5.41) is -1.10. The van der Waals surface area contributed by atoms with E-state index in [1.54, 1.807) is 36.4 Å². The van der Waals surface area contributed by atoms with Gasteiger partial charge in [0, 0.05) is 22.6 Å². The second kappa shape index (κ2) is 12.5. The van der Waals surface area contributed by atoms with Crippen LogP contribution in [-0.4, -0.2) is 29.9 Å². The van der Waals surface area contributed by atoms with E-state index in [2.05, 4.69) is 4.90 Å². The Morgan fingerprint density at radius 3 is 1.96 bits per heavy atom. The number of esters is 1. The Morgan fingerprint density at radius 1 is 0.867 bits per heavy atom. The number of carbonyl (C=O) groups excluding carboxylic acids is 1. The van der Waals surface area contributed by atoms with Gasteiger partial charge in [0.25, 0.3) is 11.8 Å². The van der Waals surface area contributed by atoms with Gasteiger partial charge in [-0.05, 0) is 91.7 Å². The minimum Gasteiger partial charge on any atom is -0.419 e. The van der Waals surface area contributed by atoms with Crippen LogP contribution in [0, 0.1) is 17.5 Å². The molecule has 2 aliphatic rings. The Kier molecular flexibility index (Phi) is 8.47. The Bertz CT molecular complexity index is 1790. The zero-order valence-corrected chi connectivity index (χ0v) is 25.9. The Hall–Kier alpha value is -4.50. The molecule has 6 rings (SSSR count). The molecule has 9 heteroatoms. The highest BCUT2D eigenvalue weighted by Crippen LogP contribution is 2.57. The topological polar surface area (TPSA) is 41.9 Å². The summed E-state index contributed by atoms with van der Waals surface area (Å²) in [4.78, 5) is 22.4. The molecule has 45 heavy (non-hydrogen) atoms. The van der Waals surface area contributed by atoms with Gasteiger partial charge in [-0.2, -0.15) is 0 Å². The molecule has 1 atom stereocenters. The number of hydrogen-bond acceptors (Lipinski definition) is 5. The first-order valence-electron chi connectivity index (χ1n) is 14.8. The Balaban J connectivity index is 1.59. The minimum atomic E-state index is -1.10. The fraction of sp³-hybridized carbons (Fsp3) is 0.167. The molecular formula is C36H30BF3N2O2S. The van der Waals surface area contributed by atoms with Crippen LogP contribution in [0.2, 0.25) is 0 Å². The molecule has 4 aromatic rings. The van der Waals surface area contributed by atoms with E-state index in [1.807, 2.05) is 51.1 Å². The molecule has 226 valence electrons. The average molecular weight is 623 g/mol. The molecule has 1 unspecified atom stereocenters. The number of likely N-dealkylation sites (N-methyl/N-ethyl adjacent to an activating group) is 1. The number of hydrogen-bond donors (Lipinski definition) is 0. The SMILES string of the molecule is CC=C1C(CC)=C(N=C(B(c2ccc(F)cc2)c2ccc(F)cc2)c2ccc(F)cc2)C(=O)OC12Sc1ccccc1N2CC. The summed E-state index contributed by atoms with van der Waals surface area (Å²) in [5.74, 6) is -1.85. The highest BCUT2D eigenvalue weighted by molar-refractivity contribution is 8.01. The number of fused-ring (bicyclic) bond motifs is 1. The minimum absolute atomic E-state index is 0.136. The number of rotatable bonds is 7. The average Bonchev–Trinajstić information content (AvgIpc) is 3.36. The van der Waals surface area contributed by atoms with Crippen molar-refractivity contribution >= 4 is 46.7 Å². The van der Waals surface area contributed by atoms with E-state index in [-0.39, 0.29) is 5.70 Å². The van der Waals surface area contributed by atoms with Crippen molar-refractivity contribution in [3.63, 3.8) is 0 Å². The van der Waals surface area contributed by atoms with Crippen molar-refractivity contribution in [1.82, 2.24) is 0 Å². The largest absolute Gasteiger partial charge is 0.419 e. The number of thioether (sulfide) groups is 1. The van der Waals surface area contributed by atoms with Crippen molar-refractivity contribution in [3.8, 4) is 0 Å². The predicted molar refractivity (Wildman–Crippen MR) is 176 cm³/mol. The van der Waals surface area contributed by atoms with Gasteiger partial charge >= 0.3 is 5.97 Å². The second-order valence-electron chi connectivity index (χ2n) is 10.7. The quantitative estimate of drug-likeness (QED) is 0.124. The van der Waals surface area contributed by atoms with Crippen molar-refractivity contribution in [3.05, 3.63) is 143 Å². The first-order chi connectivity index (χ1) is 21.8. The number of carbonyl (C=O) groups is 1. The summed E-state index contributed by atoms with van der Waals surface area (Å²) >= 11 is 1.49. The Morgan fingerprint density at radius 2 is 1.42 bits per heavy atom. The maximum Gasteiger partial charge on any atom is 0.360 e. The van der Waals surface area contributed by atoms with Crippen molar-refractivity contribution in [1.29, 1.82) is 0 Å². The summed E-state index contributed by atoms with van der Waals surface area (Å²) in [5.41, 5.74) is 4.95. The van der Waals surface area contributed by atoms with Crippen LogP contribution in [0.25, 0.3) is 0 Å². The van der Waals surface area contributed by atoms with Gasteiger partial charge < -0.3 is 9.64 Å². The van der Waals surface area contributed by atoms with Crippen LogP contribution < -0.4 is 15.8 Å². The normalized spacial score (nSPS) is 18.9. The molecule has 0 fully saturated rings. The monoisotopic (exact) mass is 622 g/mol. The fourth-order valence-corrected chi connectivity index (χ4v) is 7.67. The van der Waals surface area contributed by atoms with Gasteiger partial charge in [-0.15, -0.1) is 0 Å². The predicted octanol–water partition coefficient (Wildman–Crippen LogP) is 7.19.